The van der Waals surface area contributed by atoms with E-state index in [1.165, 1.54) is 38.8 Å². The Morgan fingerprint density at radius 2 is 2.53 bits per heavy atom. The zero-order valence-corrected chi connectivity index (χ0v) is 10.8. The van der Waals surface area contributed by atoms with Crippen molar-refractivity contribution in [3.8, 4) is 0 Å². The molecule has 1 saturated heterocycles. The number of aromatic amines is 1. The van der Waals surface area contributed by atoms with E-state index in [1.54, 1.807) is 0 Å². The van der Waals surface area contributed by atoms with Gasteiger partial charge in [-0.15, -0.1) is 0 Å². The normalized spacial score (nSPS) is 22.4. The molecule has 3 nitrogen and oxygen atoms in total. The van der Waals surface area contributed by atoms with Crippen LogP contribution in [0.3, 0.4) is 0 Å². The topological polar surface area (TPSA) is 31.9 Å². The number of likely N-dealkylation sites (tertiary alicyclic amines) is 1. The van der Waals surface area contributed by atoms with Crippen LogP contribution in [-0.2, 0) is 0 Å². The lowest BCUT2D eigenvalue weighted by Gasteiger charge is -2.22. The van der Waals surface area contributed by atoms with Gasteiger partial charge in [-0.25, -0.2) is 4.98 Å². The molecule has 0 saturated carbocycles. The highest BCUT2D eigenvalue weighted by molar-refractivity contribution is 9.10. The molecule has 0 radical (unpaired) electrons. The Morgan fingerprint density at radius 1 is 1.67 bits per heavy atom. The van der Waals surface area contributed by atoms with Crippen molar-refractivity contribution < 1.29 is 0 Å². The molecule has 0 unspecified atom stereocenters. The van der Waals surface area contributed by atoms with E-state index in [2.05, 4.69) is 37.7 Å². The fourth-order valence-electron chi connectivity index (χ4n) is 2.25. The van der Waals surface area contributed by atoms with Crippen molar-refractivity contribution in [3.05, 3.63) is 16.6 Å². The van der Waals surface area contributed by atoms with Crippen LogP contribution in [0.2, 0.25) is 0 Å². The number of H-pyrrole nitrogens is 1. The highest BCUT2D eigenvalue weighted by Crippen LogP contribution is 2.30. The van der Waals surface area contributed by atoms with Gasteiger partial charge in [-0.3, -0.25) is 4.90 Å². The zero-order chi connectivity index (χ0) is 10.7. The average molecular weight is 272 g/mol. The van der Waals surface area contributed by atoms with Gasteiger partial charge < -0.3 is 4.98 Å². The Bertz CT molecular complexity index is 311. The number of nitrogens with one attached hydrogen (secondary N) is 1. The molecule has 0 spiro atoms. The minimum atomic E-state index is 0.517. The number of unbranched alkanes of at least 4 members (excludes halogenated alkanes) is 1. The molecule has 1 N–H and O–H groups in total. The molecule has 0 bridgehead atoms. The number of hydrogen-bond donors (Lipinski definition) is 1. The van der Waals surface area contributed by atoms with Gasteiger partial charge in [-0.1, -0.05) is 13.3 Å². The monoisotopic (exact) mass is 271 g/mol. The van der Waals surface area contributed by atoms with Gasteiger partial charge in [0.05, 0.1) is 12.2 Å². The molecule has 1 aliphatic heterocycles. The predicted octanol–water partition coefficient (Wildman–Crippen LogP) is 3.11. The van der Waals surface area contributed by atoms with Crippen molar-refractivity contribution in [1.29, 1.82) is 0 Å². The van der Waals surface area contributed by atoms with E-state index in [-0.39, 0.29) is 0 Å². The summed E-state index contributed by atoms with van der Waals surface area (Å²) in [5.41, 5.74) is 0. The molecule has 15 heavy (non-hydrogen) atoms. The van der Waals surface area contributed by atoms with Crippen molar-refractivity contribution in [2.45, 2.75) is 38.6 Å². The van der Waals surface area contributed by atoms with Gasteiger partial charge in [0.1, 0.15) is 10.4 Å². The molecule has 2 rings (SSSR count). The second-order valence-electron chi connectivity index (χ2n) is 4.16. The molecule has 4 heteroatoms. The quantitative estimate of drug-likeness (QED) is 0.913. The SMILES string of the molecule is CCCCN1CCC[C@H]1c1ncc(Br)[nH]1. The van der Waals surface area contributed by atoms with E-state index in [0.717, 1.165) is 10.4 Å². The fourth-order valence-corrected chi connectivity index (χ4v) is 2.55. The highest BCUT2D eigenvalue weighted by Gasteiger charge is 2.27. The predicted molar refractivity (Wildman–Crippen MR) is 64.7 cm³/mol. The molecular formula is C11H18BrN3. The van der Waals surface area contributed by atoms with Crippen molar-refractivity contribution in [1.82, 2.24) is 14.9 Å². The van der Waals surface area contributed by atoms with Gasteiger partial charge in [0.15, 0.2) is 0 Å². The smallest absolute Gasteiger partial charge is 0.124 e. The summed E-state index contributed by atoms with van der Waals surface area (Å²) in [6.07, 6.45) is 6.95. The molecule has 1 fully saturated rings. The molecule has 1 aliphatic rings. The number of imidazole rings is 1. The van der Waals surface area contributed by atoms with E-state index in [4.69, 9.17) is 0 Å². The Kier molecular flexibility index (Phi) is 3.81. The fraction of sp³-hybridized carbons (Fsp3) is 0.727. The van der Waals surface area contributed by atoms with Crippen LogP contribution < -0.4 is 0 Å². The second kappa shape index (κ2) is 5.12. The maximum atomic E-state index is 4.41. The Hall–Kier alpha value is -0.350. The first-order valence-corrected chi connectivity index (χ1v) is 6.55. The van der Waals surface area contributed by atoms with Crippen LogP contribution in [0.25, 0.3) is 0 Å². The number of rotatable bonds is 4. The molecule has 1 aromatic rings. The van der Waals surface area contributed by atoms with Crippen LogP contribution in [0.5, 0.6) is 0 Å². The first kappa shape index (κ1) is 11.1. The van der Waals surface area contributed by atoms with E-state index < -0.39 is 0 Å². The van der Waals surface area contributed by atoms with Gasteiger partial charge >= 0.3 is 0 Å². The summed E-state index contributed by atoms with van der Waals surface area (Å²) in [4.78, 5) is 10.3. The molecule has 84 valence electrons. The first-order valence-electron chi connectivity index (χ1n) is 5.75. The number of halogens is 1. The highest BCUT2D eigenvalue weighted by atomic mass is 79.9. The van der Waals surface area contributed by atoms with Gasteiger partial charge in [-0.05, 0) is 48.3 Å². The molecule has 0 amide bonds. The third kappa shape index (κ3) is 2.61. The summed E-state index contributed by atoms with van der Waals surface area (Å²) >= 11 is 3.42. The summed E-state index contributed by atoms with van der Waals surface area (Å²) in [5, 5.41) is 0. The van der Waals surface area contributed by atoms with Crippen molar-refractivity contribution in [3.63, 3.8) is 0 Å². The van der Waals surface area contributed by atoms with E-state index >= 15 is 0 Å². The molecule has 2 heterocycles. The summed E-state index contributed by atoms with van der Waals surface area (Å²) in [6.45, 7) is 4.68. The minimum Gasteiger partial charge on any atom is -0.335 e. The standard InChI is InChI=1S/C11H18BrN3/c1-2-3-6-15-7-4-5-9(15)11-13-8-10(12)14-11/h8-9H,2-7H2,1H3,(H,13,14)/t9-/m0/s1. The van der Waals surface area contributed by atoms with Crippen molar-refractivity contribution in [2.24, 2.45) is 0 Å². The molecule has 1 aromatic heterocycles. The number of hydrogen-bond acceptors (Lipinski definition) is 2. The van der Waals surface area contributed by atoms with Crippen LogP contribution in [0.15, 0.2) is 10.8 Å². The average Bonchev–Trinajstić information content (AvgIpc) is 2.82. The van der Waals surface area contributed by atoms with Crippen LogP contribution in [0, 0.1) is 0 Å². The van der Waals surface area contributed by atoms with Crippen LogP contribution >= 0.6 is 15.9 Å². The van der Waals surface area contributed by atoms with Gasteiger partial charge in [0, 0.05) is 0 Å². The van der Waals surface area contributed by atoms with Gasteiger partial charge in [0.2, 0.25) is 0 Å². The van der Waals surface area contributed by atoms with Crippen LogP contribution in [0.1, 0.15) is 44.5 Å². The van der Waals surface area contributed by atoms with Crippen molar-refractivity contribution >= 4 is 15.9 Å². The van der Waals surface area contributed by atoms with Gasteiger partial charge in [0.25, 0.3) is 0 Å². The molecule has 1 atom stereocenters. The lowest BCUT2D eigenvalue weighted by atomic mass is 10.2. The summed E-state index contributed by atoms with van der Waals surface area (Å²) in [6, 6.07) is 0.517. The van der Waals surface area contributed by atoms with Crippen molar-refractivity contribution in [2.75, 3.05) is 13.1 Å². The Morgan fingerprint density at radius 3 is 3.20 bits per heavy atom. The summed E-state index contributed by atoms with van der Waals surface area (Å²) in [5.74, 6) is 1.12. The Labute approximate surface area is 99.4 Å². The van der Waals surface area contributed by atoms with Crippen LogP contribution in [-0.4, -0.2) is 28.0 Å². The third-order valence-corrected chi connectivity index (χ3v) is 3.45. The van der Waals surface area contributed by atoms with E-state index in [0.29, 0.717) is 6.04 Å². The zero-order valence-electron chi connectivity index (χ0n) is 9.17. The number of nitrogens with zero attached hydrogens (tertiary/aromatic N) is 2. The summed E-state index contributed by atoms with van der Waals surface area (Å²) in [7, 11) is 0. The maximum absolute atomic E-state index is 4.41. The Balaban J connectivity index is 2.01. The molecule has 0 aliphatic carbocycles. The third-order valence-electron chi connectivity index (χ3n) is 3.04. The second-order valence-corrected chi connectivity index (χ2v) is 5.02. The largest absolute Gasteiger partial charge is 0.335 e. The van der Waals surface area contributed by atoms with E-state index in [9.17, 15) is 0 Å². The minimum absolute atomic E-state index is 0.517. The van der Waals surface area contributed by atoms with E-state index in [1.807, 2.05) is 6.20 Å². The molecule has 0 aromatic carbocycles. The van der Waals surface area contributed by atoms with Gasteiger partial charge in [-0.2, -0.15) is 0 Å². The molecular weight excluding hydrogens is 254 g/mol. The number of aromatic nitrogens is 2. The summed E-state index contributed by atoms with van der Waals surface area (Å²) < 4.78 is 0.986. The van der Waals surface area contributed by atoms with Crippen LogP contribution in [0.4, 0.5) is 0 Å². The first-order chi connectivity index (χ1) is 7.31. The lowest BCUT2D eigenvalue weighted by molar-refractivity contribution is 0.245. The lowest BCUT2D eigenvalue weighted by Crippen LogP contribution is -2.25. The maximum Gasteiger partial charge on any atom is 0.124 e.